The minimum Gasteiger partial charge on any atom is -0.340 e. The van der Waals surface area contributed by atoms with Crippen molar-refractivity contribution < 1.29 is 18.0 Å². The summed E-state index contributed by atoms with van der Waals surface area (Å²) in [7, 11) is 1.54. The van der Waals surface area contributed by atoms with Crippen LogP contribution in [0.3, 0.4) is 0 Å². The summed E-state index contributed by atoms with van der Waals surface area (Å²) in [5, 5.41) is 12.2. The van der Waals surface area contributed by atoms with Crippen LogP contribution in [0.4, 0.5) is 13.2 Å². The van der Waals surface area contributed by atoms with E-state index in [1.807, 2.05) is 6.07 Å². The molecule has 1 aromatic carbocycles. The molecular weight excluding hydrogens is 309 g/mol. The Kier molecular flexibility index (Phi) is 4.69. The molecule has 1 aromatic heterocycles. The lowest BCUT2D eigenvalue weighted by Crippen LogP contribution is -2.30. The molecule has 0 radical (unpaired) electrons. The number of amides is 1. The van der Waals surface area contributed by atoms with Gasteiger partial charge in [-0.05, 0) is 23.8 Å². The first kappa shape index (κ1) is 16.5. The highest BCUT2D eigenvalue weighted by molar-refractivity contribution is 5.75. The van der Waals surface area contributed by atoms with Gasteiger partial charge in [-0.2, -0.15) is 23.5 Å². The number of hydrogen-bond donors (Lipinski definition) is 0. The summed E-state index contributed by atoms with van der Waals surface area (Å²) in [4.78, 5) is 13.4. The van der Waals surface area contributed by atoms with Gasteiger partial charge in [0.15, 0.2) is 5.69 Å². The monoisotopic (exact) mass is 322 g/mol. The van der Waals surface area contributed by atoms with Gasteiger partial charge in [-0.15, -0.1) is 0 Å². The number of rotatable bonds is 4. The van der Waals surface area contributed by atoms with Crippen molar-refractivity contribution in [2.75, 3.05) is 7.05 Å². The molecule has 0 saturated carbocycles. The Balaban J connectivity index is 2.00. The number of nitrogens with zero attached hydrogens (tertiary/aromatic N) is 4. The van der Waals surface area contributed by atoms with Crippen molar-refractivity contribution in [1.82, 2.24) is 14.7 Å². The molecule has 0 spiro atoms. The number of carbonyl (C=O) groups is 1. The Labute approximate surface area is 130 Å². The number of carbonyl (C=O) groups excluding carboxylic acids is 1. The predicted octanol–water partition coefficient (Wildman–Crippen LogP) is 2.43. The van der Waals surface area contributed by atoms with E-state index in [4.69, 9.17) is 5.26 Å². The first-order valence-electron chi connectivity index (χ1n) is 6.63. The first-order valence-corrected chi connectivity index (χ1v) is 6.63. The highest BCUT2D eigenvalue weighted by Gasteiger charge is 2.33. The van der Waals surface area contributed by atoms with Gasteiger partial charge < -0.3 is 4.90 Å². The summed E-state index contributed by atoms with van der Waals surface area (Å²) in [5.74, 6) is -0.385. The van der Waals surface area contributed by atoms with Gasteiger partial charge >= 0.3 is 6.18 Å². The molecule has 0 aliphatic heterocycles. The van der Waals surface area contributed by atoms with Crippen LogP contribution in [0.2, 0.25) is 0 Å². The first-order chi connectivity index (χ1) is 10.8. The number of nitriles is 1. The Bertz CT molecular complexity index is 746. The van der Waals surface area contributed by atoms with E-state index in [2.05, 4.69) is 5.10 Å². The number of aromatic nitrogens is 2. The van der Waals surface area contributed by atoms with Crippen LogP contribution in [0.1, 0.15) is 16.8 Å². The van der Waals surface area contributed by atoms with E-state index in [0.717, 1.165) is 22.5 Å². The average Bonchev–Trinajstić information content (AvgIpc) is 2.96. The Morgan fingerprint density at radius 1 is 1.39 bits per heavy atom. The van der Waals surface area contributed by atoms with Crippen LogP contribution in [0.15, 0.2) is 36.5 Å². The van der Waals surface area contributed by atoms with Gasteiger partial charge in [-0.25, -0.2) is 0 Å². The second-order valence-electron chi connectivity index (χ2n) is 4.96. The number of alkyl halides is 3. The van der Waals surface area contributed by atoms with Gasteiger partial charge in [-0.1, -0.05) is 12.1 Å². The fourth-order valence-electron chi connectivity index (χ4n) is 1.96. The molecule has 2 rings (SSSR count). The Hall–Kier alpha value is -2.82. The van der Waals surface area contributed by atoms with Crippen LogP contribution in [-0.4, -0.2) is 27.6 Å². The zero-order chi connectivity index (χ0) is 17.0. The molecule has 0 bridgehead atoms. The van der Waals surface area contributed by atoms with Crippen LogP contribution in [0.25, 0.3) is 0 Å². The molecule has 1 heterocycles. The minimum atomic E-state index is -4.53. The maximum absolute atomic E-state index is 12.5. The van der Waals surface area contributed by atoms with Crippen LogP contribution in [0, 0.1) is 11.3 Å². The summed E-state index contributed by atoms with van der Waals surface area (Å²) in [6, 6.07) is 9.59. The maximum Gasteiger partial charge on any atom is 0.435 e. The van der Waals surface area contributed by atoms with Gasteiger partial charge in [0.05, 0.1) is 11.6 Å². The quantitative estimate of drug-likeness (QED) is 0.868. The lowest BCUT2D eigenvalue weighted by Gasteiger charge is -2.17. The van der Waals surface area contributed by atoms with Crippen molar-refractivity contribution in [3.8, 4) is 6.07 Å². The number of benzene rings is 1. The third kappa shape index (κ3) is 4.32. The highest BCUT2D eigenvalue weighted by atomic mass is 19.4. The molecule has 120 valence electrons. The Morgan fingerprint density at radius 3 is 2.74 bits per heavy atom. The average molecular weight is 322 g/mol. The standard InChI is InChI=1S/C15H13F3N4O/c1-21(9-12-4-2-3-11(7-12)8-19)14(23)10-22-6-5-13(20-22)15(16,17)18/h2-7H,9-10H2,1H3. The van der Waals surface area contributed by atoms with E-state index in [0.29, 0.717) is 5.56 Å². The second-order valence-corrected chi connectivity index (χ2v) is 4.96. The zero-order valence-corrected chi connectivity index (χ0v) is 12.2. The number of halogens is 3. The summed E-state index contributed by atoms with van der Waals surface area (Å²) in [6.45, 7) is -0.0354. The van der Waals surface area contributed by atoms with Crippen molar-refractivity contribution >= 4 is 5.91 Å². The van der Waals surface area contributed by atoms with E-state index >= 15 is 0 Å². The maximum atomic E-state index is 12.5. The predicted molar refractivity (Wildman–Crippen MR) is 74.9 cm³/mol. The molecular formula is C15H13F3N4O. The summed E-state index contributed by atoms with van der Waals surface area (Å²) >= 11 is 0. The normalized spacial score (nSPS) is 11.1. The molecule has 0 saturated heterocycles. The smallest absolute Gasteiger partial charge is 0.340 e. The molecule has 0 unspecified atom stereocenters. The van der Waals surface area contributed by atoms with E-state index in [9.17, 15) is 18.0 Å². The molecule has 8 heteroatoms. The van der Waals surface area contributed by atoms with Crippen LogP contribution in [-0.2, 0) is 24.1 Å². The van der Waals surface area contributed by atoms with E-state index in [1.54, 1.807) is 24.3 Å². The summed E-state index contributed by atoms with van der Waals surface area (Å²) in [6.07, 6.45) is -3.41. The molecule has 0 N–H and O–H groups in total. The van der Waals surface area contributed by atoms with Crippen molar-refractivity contribution in [3.05, 3.63) is 53.3 Å². The molecule has 0 atom stereocenters. The lowest BCUT2D eigenvalue weighted by atomic mass is 10.1. The molecule has 0 aliphatic carbocycles. The molecule has 0 fully saturated rings. The van der Waals surface area contributed by atoms with Gasteiger partial charge in [0.25, 0.3) is 0 Å². The van der Waals surface area contributed by atoms with Crippen molar-refractivity contribution in [1.29, 1.82) is 5.26 Å². The third-order valence-corrected chi connectivity index (χ3v) is 3.13. The van der Waals surface area contributed by atoms with Crippen LogP contribution >= 0.6 is 0 Å². The molecule has 0 aliphatic rings. The van der Waals surface area contributed by atoms with Crippen LogP contribution < -0.4 is 0 Å². The lowest BCUT2D eigenvalue weighted by molar-refractivity contribution is -0.142. The zero-order valence-electron chi connectivity index (χ0n) is 12.2. The molecule has 1 amide bonds. The van der Waals surface area contributed by atoms with E-state index < -0.39 is 11.9 Å². The fraction of sp³-hybridized carbons (Fsp3) is 0.267. The Morgan fingerprint density at radius 2 is 2.13 bits per heavy atom. The van der Waals surface area contributed by atoms with Crippen molar-refractivity contribution in [3.63, 3.8) is 0 Å². The van der Waals surface area contributed by atoms with E-state index in [-0.39, 0.29) is 19.0 Å². The summed E-state index contributed by atoms with van der Waals surface area (Å²) in [5.41, 5.74) is 0.205. The number of hydrogen-bond acceptors (Lipinski definition) is 3. The SMILES string of the molecule is CN(Cc1cccc(C#N)c1)C(=O)Cn1ccc(C(F)(F)F)n1. The molecule has 23 heavy (non-hydrogen) atoms. The van der Waals surface area contributed by atoms with Crippen molar-refractivity contribution in [2.24, 2.45) is 0 Å². The van der Waals surface area contributed by atoms with Gasteiger partial charge in [0.1, 0.15) is 6.54 Å². The van der Waals surface area contributed by atoms with Gasteiger partial charge in [0.2, 0.25) is 5.91 Å². The highest BCUT2D eigenvalue weighted by Crippen LogP contribution is 2.27. The topological polar surface area (TPSA) is 61.9 Å². The minimum absolute atomic E-state index is 0.252. The summed E-state index contributed by atoms with van der Waals surface area (Å²) < 4.78 is 38.3. The van der Waals surface area contributed by atoms with E-state index in [1.165, 1.54) is 11.9 Å². The third-order valence-electron chi connectivity index (χ3n) is 3.13. The number of likely N-dealkylation sites (N-methyl/N-ethyl adjacent to an activating group) is 1. The van der Waals surface area contributed by atoms with Crippen molar-refractivity contribution in [2.45, 2.75) is 19.3 Å². The fourth-order valence-corrected chi connectivity index (χ4v) is 1.96. The van der Waals surface area contributed by atoms with Crippen LogP contribution in [0.5, 0.6) is 0 Å². The van der Waals surface area contributed by atoms with Gasteiger partial charge in [-0.3, -0.25) is 9.48 Å². The molecule has 2 aromatic rings. The molecule has 5 nitrogen and oxygen atoms in total. The second kappa shape index (κ2) is 6.52. The van der Waals surface area contributed by atoms with Gasteiger partial charge in [0, 0.05) is 19.8 Å². The largest absolute Gasteiger partial charge is 0.435 e.